The minimum absolute atomic E-state index is 0.317. The number of rotatable bonds is 12. The number of ether oxygens (including phenoxy) is 1. The average molecular weight is 460 g/mol. The highest BCUT2D eigenvalue weighted by molar-refractivity contribution is 5.91. The van der Waals surface area contributed by atoms with Gasteiger partial charge in [0.2, 0.25) is 0 Å². The van der Waals surface area contributed by atoms with E-state index in [4.69, 9.17) is 4.74 Å². The van der Waals surface area contributed by atoms with Gasteiger partial charge in [-0.3, -0.25) is 0 Å². The summed E-state index contributed by atoms with van der Waals surface area (Å²) < 4.78 is 5.49. The lowest BCUT2D eigenvalue weighted by Crippen LogP contribution is -2.14. The monoisotopic (exact) mass is 459 g/mol. The lowest BCUT2D eigenvalue weighted by molar-refractivity contribution is 0.0734. The molecule has 3 heteroatoms. The summed E-state index contributed by atoms with van der Waals surface area (Å²) in [5.74, 6) is 1.40. The van der Waals surface area contributed by atoms with Crippen LogP contribution in [0.4, 0.5) is 0 Å². The molecule has 0 aromatic heterocycles. The van der Waals surface area contributed by atoms with Gasteiger partial charge in [-0.25, -0.2) is 4.79 Å². The summed E-state index contributed by atoms with van der Waals surface area (Å²) in [5.41, 5.74) is 3.20. The largest absolute Gasteiger partial charge is 0.422 e. The molecule has 1 aliphatic rings. The smallest absolute Gasteiger partial charge is 0.343 e. The maximum absolute atomic E-state index is 12.6. The van der Waals surface area contributed by atoms with Crippen LogP contribution >= 0.6 is 0 Å². The van der Waals surface area contributed by atoms with Crippen LogP contribution in [0.25, 0.3) is 0 Å². The number of hydrogen-bond acceptors (Lipinski definition) is 3. The highest BCUT2D eigenvalue weighted by Gasteiger charge is 2.22. The van der Waals surface area contributed by atoms with Crippen LogP contribution in [0.1, 0.15) is 123 Å². The van der Waals surface area contributed by atoms with Crippen molar-refractivity contribution in [3.8, 4) is 11.8 Å². The number of benzene rings is 2. The minimum atomic E-state index is -0.416. The van der Waals surface area contributed by atoms with Crippen molar-refractivity contribution in [3.63, 3.8) is 0 Å². The standard InChI is InChI=1S/C31H41NO2/c1-3-4-5-6-7-8-9-10-11-25-13-15-26(16-14-25)27-17-19-28(20-18-27)31(33)34-30-21-12-24(2)22-29(30)23-32/h12,17-22,25-26H,3-11,13-16H2,1-2H3. The minimum Gasteiger partial charge on any atom is -0.422 e. The van der Waals surface area contributed by atoms with Crippen molar-refractivity contribution in [1.29, 1.82) is 5.26 Å². The van der Waals surface area contributed by atoms with Crippen LogP contribution in [0.5, 0.6) is 5.75 Å². The Morgan fingerprint density at radius 3 is 2.21 bits per heavy atom. The fourth-order valence-electron chi connectivity index (χ4n) is 5.22. The number of hydrogen-bond donors (Lipinski definition) is 0. The van der Waals surface area contributed by atoms with Crippen molar-refractivity contribution in [3.05, 3.63) is 64.7 Å². The van der Waals surface area contributed by atoms with Gasteiger partial charge in [0.15, 0.2) is 0 Å². The molecule has 0 radical (unpaired) electrons. The summed E-state index contributed by atoms with van der Waals surface area (Å²) in [7, 11) is 0. The number of nitrogens with zero attached hydrogens (tertiary/aromatic N) is 1. The van der Waals surface area contributed by atoms with Gasteiger partial charge in [0, 0.05) is 0 Å². The van der Waals surface area contributed by atoms with Crippen LogP contribution in [-0.4, -0.2) is 5.97 Å². The van der Waals surface area contributed by atoms with E-state index in [2.05, 4.69) is 25.1 Å². The maximum Gasteiger partial charge on any atom is 0.343 e. The third kappa shape index (κ3) is 8.01. The van der Waals surface area contributed by atoms with Gasteiger partial charge in [-0.05, 0) is 79.8 Å². The van der Waals surface area contributed by atoms with E-state index in [1.54, 1.807) is 12.1 Å². The van der Waals surface area contributed by atoms with E-state index in [0.29, 0.717) is 22.8 Å². The topological polar surface area (TPSA) is 50.1 Å². The SMILES string of the molecule is CCCCCCCCCCC1CCC(c2ccc(C(=O)Oc3ccc(C)cc3C#N)cc2)CC1. The molecule has 34 heavy (non-hydrogen) atoms. The molecule has 2 aromatic rings. The molecule has 3 rings (SSSR count). The summed E-state index contributed by atoms with van der Waals surface area (Å²) >= 11 is 0. The van der Waals surface area contributed by atoms with Gasteiger partial charge in [-0.1, -0.05) is 82.9 Å². The van der Waals surface area contributed by atoms with E-state index < -0.39 is 5.97 Å². The van der Waals surface area contributed by atoms with Crippen molar-refractivity contribution in [1.82, 2.24) is 0 Å². The Kier molecular flexibility index (Phi) is 10.7. The molecule has 0 heterocycles. The second-order valence-electron chi connectivity index (χ2n) is 10.1. The van der Waals surface area contributed by atoms with E-state index in [1.165, 1.54) is 89.0 Å². The molecule has 0 spiro atoms. The van der Waals surface area contributed by atoms with Crippen molar-refractivity contribution >= 4 is 5.97 Å². The van der Waals surface area contributed by atoms with Crippen LogP contribution in [0.15, 0.2) is 42.5 Å². The van der Waals surface area contributed by atoms with Crippen LogP contribution in [-0.2, 0) is 0 Å². The molecule has 1 fully saturated rings. The van der Waals surface area contributed by atoms with Gasteiger partial charge in [0.1, 0.15) is 11.8 Å². The average Bonchev–Trinajstić information content (AvgIpc) is 2.87. The van der Waals surface area contributed by atoms with Crippen LogP contribution < -0.4 is 4.74 Å². The first-order valence-electron chi connectivity index (χ1n) is 13.4. The van der Waals surface area contributed by atoms with E-state index in [-0.39, 0.29) is 0 Å². The zero-order valence-corrected chi connectivity index (χ0v) is 21.2. The van der Waals surface area contributed by atoms with E-state index in [9.17, 15) is 10.1 Å². The molecule has 0 atom stereocenters. The lowest BCUT2D eigenvalue weighted by Gasteiger charge is -2.29. The number of carbonyl (C=O) groups excluding carboxylic acids is 1. The number of aryl methyl sites for hydroxylation is 1. The third-order valence-electron chi connectivity index (χ3n) is 7.39. The van der Waals surface area contributed by atoms with Crippen LogP contribution in [0.3, 0.4) is 0 Å². The second kappa shape index (κ2) is 14.0. The summed E-state index contributed by atoms with van der Waals surface area (Å²) in [5, 5.41) is 9.29. The predicted molar refractivity (Wildman–Crippen MR) is 139 cm³/mol. The first-order chi connectivity index (χ1) is 16.6. The summed E-state index contributed by atoms with van der Waals surface area (Å²) in [6.45, 7) is 4.19. The van der Waals surface area contributed by atoms with Gasteiger partial charge in [-0.2, -0.15) is 5.26 Å². The molecular weight excluding hydrogens is 418 g/mol. The lowest BCUT2D eigenvalue weighted by atomic mass is 9.77. The molecule has 1 saturated carbocycles. The van der Waals surface area contributed by atoms with Gasteiger partial charge in [0.05, 0.1) is 11.1 Å². The molecule has 3 nitrogen and oxygen atoms in total. The van der Waals surface area contributed by atoms with Crippen LogP contribution in [0.2, 0.25) is 0 Å². The van der Waals surface area contributed by atoms with Crippen LogP contribution in [0, 0.1) is 24.2 Å². The van der Waals surface area contributed by atoms with Crippen molar-refractivity contribution in [2.45, 2.75) is 103 Å². The van der Waals surface area contributed by atoms with E-state index in [0.717, 1.165) is 11.5 Å². The Labute approximate surface area is 206 Å². The van der Waals surface area contributed by atoms with Gasteiger partial charge in [0.25, 0.3) is 0 Å². The number of nitriles is 1. The molecule has 0 bridgehead atoms. The zero-order valence-electron chi connectivity index (χ0n) is 21.2. The number of esters is 1. The van der Waals surface area contributed by atoms with E-state index >= 15 is 0 Å². The summed E-state index contributed by atoms with van der Waals surface area (Å²) in [4.78, 5) is 12.6. The maximum atomic E-state index is 12.6. The predicted octanol–water partition coefficient (Wildman–Crippen LogP) is 8.89. The fraction of sp³-hybridized carbons (Fsp3) is 0.548. The number of carbonyl (C=O) groups is 1. The molecule has 0 N–H and O–H groups in total. The zero-order chi connectivity index (χ0) is 24.2. The molecule has 0 saturated heterocycles. The normalized spacial score (nSPS) is 17.8. The summed E-state index contributed by atoms with van der Waals surface area (Å²) in [6.07, 6.45) is 17.7. The number of unbranched alkanes of at least 4 members (excludes halogenated alkanes) is 7. The van der Waals surface area contributed by atoms with Crippen molar-refractivity contribution < 1.29 is 9.53 Å². The Bertz CT molecular complexity index is 933. The third-order valence-corrected chi connectivity index (χ3v) is 7.39. The molecular formula is C31H41NO2. The van der Waals surface area contributed by atoms with E-state index in [1.807, 2.05) is 25.1 Å². The fourth-order valence-corrected chi connectivity index (χ4v) is 5.22. The quantitative estimate of drug-likeness (QED) is 0.181. The first kappa shape index (κ1) is 26.0. The van der Waals surface area contributed by atoms with Gasteiger partial charge >= 0.3 is 5.97 Å². The Morgan fingerprint density at radius 2 is 1.56 bits per heavy atom. The Balaban J connectivity index is 1.39. The molecule has 0 aliphatic heterocycles. The van der Waals surface area contributed by atoms with Crippen molar-refractivity contribution in [2.24, 2.45) is 5.92 Å². The summed E-state index contributed by atoms with van der Waals surface area (Å²) in [6, 6.07) is 15.3. The Morgan fingerprint density at radius 1 is 0.912 bits per heavy atom. The first-order valence-corrected chi connectivity index (χ1v) is 13.4. The highest BCUT2D eigenvalue weighted by Crippen LogP contribution is 2.38. The van der Waals surface area contributed by atoms with Gasteiger partial charge < -0.3 is 4.74 Å². The molecule has 182 valence electrons. The van der Waals surface area contributed by atoms with Crippen molar-refractivity contribution in [2.75, 3.05) is 0 Å². The Hall–Kier alpha value is -2.60. The molecule has 1 aliphatic carbocycles. The highest BCUT2D eigenvalue weighted by atomic mass is 16.5. The van der Waals surface area contributed by atoms with Gasteiger partial charge in [-0.15, -0.1) is 0 Å². The molecule has 2 aromatic carbocycles. The molecule has 0 amide bonds. The second-order valence-corrected chi connectivity index (χ2v) is 10.1. The molecule has 0 unspecified atom stereocenters.